The Morgan fingerprint density at radius 2 is 1.73 bits per heavy atom. The minimum Gasteiger partial charge on any atom is -0.497 e. The van der Waals surface area contributed by atoms with Gasteiger partial charge < -0.3 is 24.1 Å². The van der Waals surface area contributed by atoms with E-state index in [1.54, 1.807) is 50.4 Å². The Morgan fingerprint density at radius 1 is 0.973 bits per heavy atom. The zero-order valence-corrected chi connectivity index (χ0v) is 20.8. The summed E-state index contributed by atoms with van der Waals surface area (Å²) in [6, 6.07) is 26.3. The molecule has 3 aromatic carbocycles. The molecular weight excluding hydrogens is 468 g/mol. The van der Waals surface area contributed by atoms with Crippen LogP contribution < -0.4 is 14.8 Å². The number of nitrogens with zero attached hydrogens (tertiary/aromatic N) is 1. The summed E-state index contributed by atoms with van der Waals surface area (Å²) in [5.41, 5.74) is 3.97. The van der Waals surface area contributed by atoms with E-state index in [2.05, 4.69) is 11.4 Å². The van der Waals surface area contributed by atoms with Gasteiger partial charge in [-0.25, -0.2) is 0 Å². The van der Waals surface area contributed by atoms with Crippen LogP contribution in [0.1, 0.15) is 46.0 Å². The largest absolute Gasteiger partial charge is 0.497 e. The normalized spacial score (nSPS) is 14.5. The number of amides is 2. The number of rotatable bonds is 7. The van der Waals surface area contributed by atoms with Gasteiger partial charge >= 0.3 is 0 Å². The molecule has 1 atom stereocenters. The second-order valence-corrected chi connectivity index (χ2v) is 8.87. The third kappa shape index (κ3) is 5.35. The molecule has 0 spiro atoms. The minimum atomic E-state index is -0.347. The van der Waals surface area contributed by atoms with Crippen molar-refractivity contribution in [3.05, 3.63) is 113 Å². The molecule has 7 nitrogen and oxygen atoms in total. The van der Waals surface area contributed by atoms with Crippen molar-refractivity contribution in [1.82, 2.24) is 4.90 Å². The molecule has 2 amide bonds. The fourth-order valence-corrected chi connectivity index (χ4v) is 4.62. The SMILES string of the molecule is COc1ccc(NC(=O)c2ccc(COc3ccc4c(c3)C(c3ccccc3)N(C(C)=O)CC4)o2)cc1. The van der Waals surface area contributed by atoms with Crippen LogP contribution in [0.4, 0.5) is 5.69 Å². The lowest BCUT2D eigenvalue weighted by molar-refractivity contribution is -0.130. The molecule has 37 heavy (non-hydrogen) atoms. The lowest BCUT2D eigenvalue weighted by Crippen LogP contribution is -2.39. The van der Waals surface area contributed by atoms with E-state index in [0.29, 0.717) is 29.5 Å². The number of nitrogens with one attached hydrogen (secondary N) is 1. The Morgan fingerprint density at radius 3 is 2.46 bits per heavy atom. The van der Waals surface area contributed by atoms with Crippen molar-refractivity contribution in [1.29, 1.82) is 0 Å². The fourth-order valence-electron chi connectivity index (χ4n) is 4.62. The van der Waals surface area contributed by atoms with Crippen molar-refractivity contribution < 1.29 is 23.5 Å². The van der Waals surface area contributed by atoms with Gasteiger partial charge in [-0.3, -0.25) is 9.59 Å². The van der Waals surface area contributed by atoms with Gasteiger partial charge in [-0.1, -0.05) is 36.4 Å². The smallest absolute Gasteiger partial charge is 0.291 e. The minimum absolute atomic E-state index is 0.0434. The van der Waals surface area contributed by atoms with Crippen molar-refractivity contribution in [2.24, 2.45) is 0 Å². The van der Waals surface area contributed by atoms with E-state index in [4.69, 9.17) is 13.9 Å². The first kappa shape index (κ1) is 24.2. The van der Waals surface area contributed by atoms with E-state index in [9.17, 15) is 9.59 Å². The van der Waals surface area contributed by atoms with Crippen LogP contribution in [-0.2, 0) is 17.8 Å². The standard InChI is InChI=1S/C30H28N2O5/c1-20(33)32-17-16-21-8-11-25(18-27(21)29(32)22-6-4-3-5-7-22)36-19-26-14-15-28(37-26)30(34)31-23-9-12-24(35-2)13-10-23/h3-15,18,29H,16-17,19H2,1-2H3,(H,31,34). The second-order valence-electron chi connectivity index (χ2n) is 8.87. The summed E-state index contributed by atoms with van der Waals surface area (Å²) >= 11 is 0. The van der Waals surface area contributed by atoms with E-state index in [1.807, 2.05) is 47.4 Å². The van der Waals surface area contributed by atoms with Crippen LogP contribution in [0, 0.1) is 0 Å². The van der Waals surface area contributed by atoms with Crippen molar-refractivity contribution >= 4 is 17.5 Å². The van der Waals surface area contributed by atoms with Crippen molar-refractivity contribution in [2.45, 2.75) is 26.0 Å². The molecule has 1 aromatic heterocycles. The first-order chi connectivity index (χ1) is 18.0. The average Bonchev–Trinajstić information content (AvgIpc) is 3.41. The molecule has 7 heteroatoms. The van der Waals surface area contributed by atoms with Crippen molar-refractivity contribution in [2.75, 3.05) is 19.0 Å². The van der Waals surface area contributed by atoms with Gasteiger partial charge in [-0.2, -0.15) is 0 Å². The monoisotopic (exact) mass is 496 g/mol. The lowest BCUT2D eigenvalue weighted by Gasteiger charge is -2.37. The number of carbonyl (C=O) groups is 2. The Hall–Kier alpha value is -4.52. The highest BCUT2D eigenvalue weighted by molar-refractivity contribution is 6.02. The van der Waals surface area contributed by atoms with Crippen LogP contribution >= 0.6 is 0 Å². The average molecular weight is 497 g/mol. The second kappa shape index (κ2) is 10.6. The highest BCUT2D eigenvalue weighted by atomic mass is 16.5. The number of anilines is 1. The lowest BCUT2D eigenvalue weighted by atomic mass is 9.88. The molecule has 0 bridgehead atoms. The van der Waals surface area contributed by atoms with E-state index in [0.717, 1.165) is 17.5 Å². The Labute approximate surface area is 215 Å². The topological polar surface area (TPSA) is 81.0 Å². The number of ether oxygens (including phenoxy) is 2. The van der Waals surface area contributed by atoms with E-state index in [-0.39, 0.29) is 30.2 Å². The number of methoxy groups -OCH3 is 1. The predicted octanol–water partition coefficient (Wildman–Crippen LogP) is 5.61. The van der Waals surface area contributed by atoms with Crippen LogP contribution in [0.5, 0.6) is 11.5 Å². The van der Waals surface area contributed by atoms with Crippen LogP contribution in [0.15, 0.2) is 89.3 Å². The van der Waals surface area contributed by atoms with Crippen LogP contribution in [0.2, 0.25) is 0 Å². The maximum absolute atomic E-state index is 12.6. The van der Waals surface area contributed by atoms with Gasteiger partial charge in [0.2, 0.25) is 5.91 Å². The van der Waals surface area contributed by atoms with Gasteiger partial charge in [0.1, 0.15) is 23.9 Å². The third-order valence-corrected chi connectivity index (χ3v) is 6.48. The summed E-state index contributed by atoms with van der Waals surface area (Å²) < 4.78 is 16.9. The summed E-state index contributed by atoms with van der Waals surface area (Å²) in [7, 11) is 1.59. The van der Waals surface area contributed by atoms with Crippen molar-refractivity contribution in [3.63, 3.8) is 0 Å². The maximum atomic E-state index is 12.6. The summed E-state index contributed by atoms with van der Waals surface area (Å²) in [5, 5.41) is 2.80. The third-order valence-electron chi connectivity index (χ3n) is 6.48. The molecule has 188 valence electrons. The van der Waals surface area contributed by atoms with Gasteiger partial charge in [0, 0.05) is 19.2 Å². The summed E-state index contributed by atoms with van der Waals surface area (Å²) in [4.78, 5) is 26.9. The Balaban J connectivity index is 1.29. The number of carbonyl (C=O) groups excluding carboxylic acids is 2. The van der Waals surface area contributed by atoms with Gasteiger partial charge in [0.15, 0.2) is 5.76 Å². The zero-order valence-electron chi connectivity index (χ0n) is 20.8. The molecule has 1 unspecified atom stereocenters. The maximum Gasteiger partial charge on any atom is 0.291 e. The number of furan rings is 1. The quantitative estimate of drug-likeness (QED) is 0.360. The van der Waals surface area contributed by atoms with Crippen molar-refractivity contribution in [3.8, 4) is 11.5 Å². The van der Waals surface area contributed by atoms with E-state index in [1.165, 1.54) is 5.56 Å². The first-order valence-electron chi connectivity index (χ1n) is 12.1. The zero-order chi connectivity index (χ0) is 25.8. The highest BCUT2D eigenvalue weighted by Gasteiger charge is 2.30. The number of hydrogen-bond donors (Lipinski definition) is 1. The number of hydrogen-bond acceptors (Lipinski definition) is 5. The fraction of sp³-hybridized carbons (Fsp3) is 0.200. The van der Waals surface area contributed by atoms with E-state index < -0.39 is 0 Å². The Bertz CT molecular complexity index is 1400. The molecule has 2 heterocycles. The summed E-state index contributed by atoms with van der Waals surface area (Å²) in [5.74, 6) is 1.80. The molecule has 1 aliphatic rings. The molecule has 5 rings (SSSR count). The van der Waals surface area contributed by atoms with Gasteiger partial charge in [0.05, 0.1) is 13.2 Å². The van der Waals surface area contributed by atoms with Crippen LogP contribution in [-0.4, -0.2) is 30.4 Å². The van der Waals surface area contributed by atoms with Gasteiger partial charge in [-0.05, 0) is 71.6 Å². The molecule has 0 saturated heterocycles. The molecule has 1 aliphatic heterocycles. The van der Waals surface area contributed by atoms with Crippen LogP contribution in [0.3, 0.4) is 0 Å². The predicted molar refractivity (Wildman–Crippen MR) is 140 cm³/mol. The summed E-state index contributed by atoms with van der Waals surface area (Å²) in [6.07, 6.45) is 0.795. The molecule has 0 radical (unpaired) electrons. The molecular formula is C30H28N2O5. The van der Waals surface area contributed by atoms with E-state index >= 15 is 0 Å². The molecule has 4 aromatic rings. The van der Waals surface area contributed by atoms with Crippen LogP contribution in [0.25, 0.3) is 0 Å². The Kier molecular flexibility index (Phi) is 6.94. The molecule has 0 fully saturated rings. The molecule has 0 aliphatic carbocycles. The number of fused-ring (bicyclic) bond motifs is 1. The molecule has 1 N–H and O–H groups in total. The highest BCUT2D eigenvalue weighted by Crippen LogP contribution is 2.37. The first-order valence-corrected chi connectivity index (χ1v) is 12.1. The van der Waals surface area contributed by atoms with Gasteiger partial charge in [0.25, 0.3) is 5.91 Å². The molecule has 0 saturated carbocycles. The summed E-state index contributed by atoms with van der Waals surface area (Å²) in [6.45, 7) is 2.46. The number of benzene rings is 3. The van der Waals surface area contributed by atoms with Gasteiger partial charge in [-0.15, -0.1) is 0 Å².